The predicted octanol–water partition coefficient (Wildman–Crippen LogP) is 6.38. The Balaban J connectivity index is 1.65. The summed E-state index contributed by atoms with van der Waals surface area (Å²) >= 11 is 13.0. The number of hydrogen-bond donors (Lipinski definition) is 1. The Morgan fingerprint density at radius 3 is 2.32 bits per heavy atom. The zero-order valence-electron chi connectivity index (χ0n) is 21.0. The van der Waals surface area contributed by atoms with Gasteiger partial charge in [-0.25, -0.2) is 0 Å². The Morgan fingerprint density at radius 1 is 0.973 bits per heavy atom. The van der Waals surface area contributed by atoms with Crippen LogP contribution in [0, 0.1) is 6.92 Å². The molecule has 1 aliphatic carbocycles. The molecule has 1 atom stereocenters. The summed E-state index contributed by atoms with van der Waals surface area (Å²) in [5.41, 5.74) is 2.58. The van der Waals surface area contributed by atoms with Gasteiger partial charge >= 0.3 is 0 Å². The van der Waals surface area contributed by atoms with Gasteiger partial charge in [-0.15, -0.1) is 0 Å². The predicted molar refractivity (Wildman–Crippen MR) is 148 cm³/mol. The quantitative estimate of drug-likeness (QED) is 0.325. The van der Waals surface area contributed by atoms with E-state index in [0.29, 0.717) is 27.8 Å². The minimum Gasteiger partial charge on any atom is -0.484 e. The SMILES string of the molecule is Cc1cccc(OCC(=O)N(Cc2c(Cl)cccc2Cl)[C@@H](Cc2ccccc2)C(=O)NC2CCCC2)c1. The molecule has 0 spiro atoms. The summed E-state index contributed by atoms with van der Waals surface area (Å²) in [6, 6.07) is 21.8. The van der Waals surface area contributed by atoms with Crippen LogP contribution in [0.15, 0.2) is 72.8 Å². The van der Waals surface area contributed by atoms with Crippen molar-refractivity contribution in [1.82, 2.24) is 10.2 Å². The van der Waals surface area contributed by atoms with Crippen molar-refractivity contribution in [3.63, 3.8) is 0 Å². The molecule has 3 aromatic carbocycles. The number of carbonyl (C=O) groups excluding carboxylic acids is 2. The van der Waals surface area contributed by atoms with E-state index in [4.69, 9.17) is 27.9 Å². The summed E-state index contributed by atoms with van der Waals surface area (Å²) < 4.78 is 5.85. The topological polar surface area (TPSA) is 58.6 Å². The minimum atomic E-state index is -0.760. The monoisotopic (exact) mass is 538 g/mol. The van der Waals surface area contributed by atoms with Gasteiger partial charge in [0, 0.05) is 34.6 Å². The lowest BCUT2D eigenvalue weighted by Gasteiger charge is -2.32. The lowest BCUT2D eigenvalue weighted by molar-refractivity contribution is -0.143. The Hall–Kier alpha value is -3.02. The van der Waals surface area contributed by atoms with Crippen LogP contribution in [0.1, 0.15) is 42.4 Å². The highest BCUT2D eigenvalue weighted by molar-refractivity contribution is 6.36. The molecule has 2 amide bonds. The molecule has 1 aliphatic rings. The van der Waals surface area contributed by atoms with E-state index in [1.165, 1.54) is 0 Å². The van der Waals surface area contributed by atoms with Crippen LogP contribution in [0.3, 0.4) is 0 Å². The Morgan fingerprint density at radius 2 is 1.65 bits per heavy atom. The van der Waals surface area contributed by atoms with Crippen molar-refractivity contribution >= 4 is 35.0 Å². The molecule has 4 rings (SSSR count). The summed E-state index contributed by atoms with van der Waals surface area (Å²) in [5, 5.41) is 4.08. The number of nitrogens with zero attached hydrogens (tertiary/aromatic N) is 1. The Labute approximate surface area is 228 Å². The number of rotatable bonds is 10. The van der Waals surface area contributed by atoms with Crippen molar-refractivity contribution in [3.05, 3.63) is 99.5 Å². The van der Waals surface area contributed by atoms with Gasteiger partial charge < -0.3 is 15.0 Å². The number of hydrogen-bond acceptors (Lipinski definition) is 3. The molecule has 0 aromatic heterocycles. The smallest absolute Gasteiger partial charge is 0.261 e. The molecule has 0 aliphatic heterocycles. The molecule has 0 bridgehead atoms. The van der Waals surface area contributed by atoms with E-state index in [-0.39, 0.29) is 31.0 Å². The number of benzene rings is 3. The van der Waals surface area contributed by atoms with Gasteiger partial charge in [0.15, 0.2) is 6.61 Å². The van der Waals surface area contributed by atoms with Crippen LogP contribution in [-0.2, 0) is 22.6 Å². The normalized spacial score (nSPS) is 14.2. The van der Waals surface area contributed by atoms with E-state index in [9.17, 15) is 9.59 Å². The Kier molecular flexibility index (Phi) is 9.48. The van der Waals surface area contributed by atoms with Gasteiger partial charge in [0.2, 0.25) is 5.91 Å². The van der Waals surface area contributed by atoms with Crippen LogP contribution in [0.25, 0.3) is 0 Å². The standard InChI is InChI=1S/C30H32Cl2N2O3/c1-21-9-7-14-24(17-21)37-20-29(35)34(19-25-26(31)15-8-16-27(25)32)28(18-22-10-3-2-4-11-22)30(36)33-23-12-5-6-13-23/h2-4,7-11,14-17,23,28H,5-6,12-13,18-20H2,1H3,(H,33,36)/t28-/m0/s1. The first-order valence-electron chi connectivity index (χ1n) is 12.7. The lowest BCUT2D eigenvalue weighted by atomic mass is 10.0. The minimum absolute atomic E-state index is 0.0874. The molecule has 5 nitrogen and oxygen atoms in total. The van der Waals surface area contributed by atoms with Crippen molar-refractivity contribution in [1.29, 1.82) is 0 Å². The maximum atomic E-state index is 13.7. The fraction of sp³-hybridized carbons (Fsp3) is 0.333. The van der Waals surface area contributed by atoms with Crippen molar-refractivity contribution in [2.45, 2.75) is 57.7 Å². The van der Waals surface area contributed by atoms with Crippen LogP contribution in [0.4, 0.5) is 0 Å². The molecular formula is C30H32Cl2N2O3. The summed E-state index contributed by atoms with van der Waals surface area (Å²) in [7, 11) is 0. The summed E-state index contributed by atoms with van der Waals surface area (Å²) in [6.45, 7) is 1.83. The number of aryl methyl sites for hydroxylation is 1. The van der Waals surface area contributed by atoms with E-state index in [0.717, 1.165) is 36.8 Å². The van der Waals surface area contributed by atoms with Gasteiger partial charge in [-0.05, 0) is 55.2 Å². The molecule has 37 heavy (non-hydrogen) atoms. The summed E-state index contributed by atoms with van der Waals surface area (Å²) in [4.78, 5) is 29.0. The van der Waals surface area contributed by atoms with Crippen LogP contribution >= 0.6 is 23.2 Å². The van der Waals surface area contributed by atoms with E-state index in [1.807, 2.05) is 61.5 Å². The fourth-order valence-electron chi connectivity index (χ4n) is 4.71. The van der Waals surface area contributed by atoms with E-state index in [1.54, 1.807) is 23.1 Å². The first-order valence-corrected chi connectivity index (χ1v) is 13.4. The highest BCUT2D eigenvalue weighted by Crippen LogP contribution is 2.28. The second kappa shape index (κ2) is 13.0. The third-order valence-corrected chi connectivity index (χ3v) is 7.42. The number of halogens is 2. The molecule has 1 saturated carbocycles. The van der Waals surface area contributed by atoms with E-state index < -0.39 is 6.04 Å². The molecule has 0 radical (unpaired) electrons. The van der Waals surface area contributed by atoms with Crippen LogP contribution in [0.5, 0.6) is 5.75 Å². The number of ether oxygens (including phenoxy) is 1. The molecule has 1 fully saturated rings. The summed E-state index contributed by atoms with van der Waals surface area (Å²) in [6.07, 6.45) is 4.44. The first kappa shape index (κ1) is 27.0. The molecule has 0 heterocycles. The lowest BCUT2D eigenvalue weighted by Crippen LogP contribution is -2.53. The average molecular weight is 540 g/mol. The van der Waals surface area contributed by atoms with Crippen molar-refractivity contribution in [3.8, 4) is 5.75 Å². The third-order valence-electron chi connectivity index (χ3n) is 6.71. The average Bonchev–Trinajstić information content (AvgIpc) is 3.40. The van der Waals surface area contributed by atoms with E-state index in [2.05, 4.69) is 5.32 Å². The molecule has 1 N–H and O–H groups in total. The van der Waals surface area contributed by atoms with Crippen LogP contribution in [0.2, 0.25) is 10.0 Å². The van der Waals surface area contributed by atoms with Crippen LogP contribution in [-0.4, -0.2) is 35.4 Å². The van der Waals surface area contributed by atoms with Crippen molar-refractivity contribution < 1.29 is 14.3 Å². The van der Waals surface area contributed by atoms with Gasteiger partial charge in [0.1, 0.15) is 11.8 Å². The summed E-state index contributed by atoms with van der Waals surface area (Å²) in [5.74, 6) is 0.0990. The van der Waals surface area contributed by atoms with Gasteiger partial charge in [-0.1, -0.05) is 84.6 Å². The van der Waals surface area contributed by atoms with Gasteiger partial charge in [0.25, 0.3) is 5.91 Å². The highest BCUT2D eigenvalue weighted by Gasteiger charge is 2.33. The van der Waals surface area contributed by atoms with Crippen molar-refractivity contribution in [2.24, 2.45) is 0 Å². The third kappa shape index (κ3) is 7.50. The first-order chi connectivity index (χ1) is 17.9. The molecular weight excluding hydrogens is 507 g/mol. The number of amides is 2. The molecule has 0 saturated heterocycles. The van der Waals surface area contributed by atoms with Crippen molar-refractivity contribution in [2.75, 3.05) is 6.61 Å². The second-order valence-electron chi connectivity index (χ2n) is 9.52. The number of carbonyl (C=O) groups is 2. The largest absolute Gasteiger partial charge is 0.484 e. The van der Waals surface area contributed by atoms with Gasteiger partial charge in [-0.3, -0.25) is 9.59 Å². The fourth-order valence-corrected chi connectivity index (χ4v) is 5.23. The highest BCUT2D eigenvalue weighted by atomic mass is 35.5. The molecule has 194 valence electrons. The van der Waals surface area contributed by atoms with Gasteiger partial charge in [0.05, 0.1) is 0 Å². The zero-order chi connectivity index (χ0) is 26.2. The second-order valence-corrected chi connectivity index (χ2v) is 10.3. The van der Waals surface area contributed by atoms with Gasteiger partial charge in [-0.2, -0.15) is 0 Å². The Bertz CT molecular complexity index is 1190. The zero-order valence-corrected chi connectivity index (χ0v) is 22.5. The molecule has 0 unspecified atom stereocenters. The number of nitrogens with one attached hydrogen (secondary N) is 1. The van der Waals surface area contributed by atoms with Crippen LogP contribution < -0.4 is 10.1 Å². The maximum Gasteiger partial charge on any atom is 0.261 e. The maximum absolute atomic E-state index is 13.7. The molecule has 3 aromatic rings. The molecule has 7 heteroatoms. The van der Waals surface area contributed by atoms with E-state index >= 15 is 0 Å².